The number of amides is 1. The van der Waals surface area contributed by atoms with Crippen molar-refractivity contribution in [2.24, 2.45) is 0 Å². The fraction of sp³-hybridized carbons (Fsp3) is 0.478. The molecule has 3 N–H and O–H groups in total. The predicted molar refractivity (Wildman–Crippen MR) is 138 cm³/mol. The second-order valence-electron chi connectivity index (χ2n) is 9.72. The molecule has 0 atom stereocenters. The number of piperazine rings is 1. The highest BCUT2D eigenvalue weighted by molar-refractivity contribution is 7.86. The molecule has 4 aliphatic rings. The van der Waals surface area contributed by atoms with Gasteiger partial charge in [-0.2, -0.15) is 17.0 Å². The number of nitrogens with one attached hydrogen (secondary N) is 1. The smallest absolute Gasteiger partial charge is 0.282 e. The molecule has 0 unspecified atom stereocenters. The highest BCUT2D eigenvalue weighted by Crippen LogP contribution is 2.30. The highest BCUT2D eigenvalue weighted by Gasteiger charge is 2.40. The van der Waals surface area contributed by atoms with Crippen LogP contribution in [0.5, 0.6) is 0 Å². The fourth-order valence-electron chi connectivity index (χ4n) is 5.56. The molecule has 0 saturated carbocycles. The van der Waals surface area contributed by atoms with Crippen LogP contribution in [-0.2, 0) is 10.2 Å². The Morgan fingerprint density at radius 3 is 2.58 bits per heavy atom. The third-order valence-electron chi connectivity index (χ3n) is 7.54. The summed E-state index contributed by atoms with van der Waals surface area (Å²) in [6.45, 7) is 4.79. The molecule has 0 aliphatic carbocycles. The van der Waals surface area contributed by atoms with Gasteiger partial charge in [-0.15, -0.1) is 5.10 Å². The number of carbonyl (C=O) groups is 1. The minimum absolute atomic E-state index is 0.0265. The molecule has 2 bridgehead atoms. The summed E-state index contributed by atoms with van der Waals surface area (Å²) in [5.41, 5.74) is 7.24. The minimum Gasteiger partial charge on any atom is -0.381 e. The Kier molecular flexibility index (Phi) is 6.37. The highest BCUT2D eigenvalue weighted by atomic mass is 32.2. The van der Waals surface area contributed by atoms with Crippen molar-refractivity contribution in [2.45, 2.75) is 18.9 Å². The van der Waals surface area contributed by atoms with Gasteiger partial charge in [0.25, 0.3) is 16.1 Å². The van der Waals surface area contributed by atoms with Crippen molar-refractivity contribution >= 4 is 39.0 Å². The maximum Gasteiger partial charge on any atom is 0.282 e. The van der Waals surface area contributed by atoms with Gasteiger partial charge in [0.1, 0.15) is 5.56 Å². The van der Waals surface area contributed by atoms with E-state index in [9.17, 15) is 17.6 Å². The number of nitrogens with two attached hydrogens (primary N) is 1. The summed E-state index contributed by atoms with van der Waals surface area (Å²) in [7, 11) is -3.56. The third kappa shape index (κ3) is 4.44. The number of pyridine rings is 1. The van der Waals surface area contributed by atoms with Crippen molar-refractivity contribution in [1.29, 1.82) is 0 Å². The van der Waals surface area contributed by atoms with E-state index in [-0.39, 0.29) is 23.1 Å². The van der Waals surface area contributed by atoms with Crippen molar-refractivity contribution in [3.63, 3.8) is 0 Å². The van der Waals surface area contributed by atoms with E-state index >= 15 is 0 Å². The SMILES string of the molecule is Nc1nn2cc(F)cnc2c1C(=O)Nc1cnccc1N1CCN(S(=O)(=O)N2CCN3CCC2CC3)CC1. The number of carbonyl (C=O) groups excluding carboxylic acids is 1. The van der Waals surface area contributed by atoms with Gasteiger partial charge in [-0.3, -0.25) is 9.78 Å². The van der Waals surface area contributed by atoms with E-state index in [1.807, 2.05) is 4.90 Å². The van der Waals surface area contributed by atoms with Crippen LogP contribution in [0.4, 0.5) is 21.6 Å². The molecule has 4 fully saturated rings. The summed E-state index contributed by atoms with van der Waals surface area (Å²) in [6, 6.07) is 1.84. The second kappa shape index (κ2) is 9.72. The zero-order valence-corrected chi connectivity index (χ0v) is 21.5. The zero-order valence-electron chi connectivity index (χ0n) is 20.7. The normalized spacial score (nSPS) is 23.0. The summed E-state index contributed by atoms with van der Waals surface area (Å²) in [4.78, 5) is 25.6. The van der Waals surface area contributed by atoms with Gasteiger partial charge in [0.2, 0.25) is 0 Å². The second-order valence-corrected chi connectivity index (χ2v) is 11.6. The molecule has 0 radical (unpaired) electrons. The van der Waals surface area contributed by atoms with Crippen LogP contribution in [-0.4, -0.2) is 106 Å². The first kappa shape index (κ1) is 24.9. The molecule has 38 heavy (non-hydrogen) atoms. The molecule has 1 amide bonds. The van der Waals surface area contributed by atoms with Gasteiger partial charge >= 0.3 is 0 Å². The van der Waals surface area contributed by atoms with Crippen LogP contribution in [0.2, 0.25) is 0 Å². The number of fused-ring (bicyclic) bond motifs is 5. The van der Waals surface area contributed by atoms with E-state index in [0.29, 0.717) is 44.1 Å². The van der Waals surface area contributed by atoms with Crippen LogP contribution in [0.15, 0.2) is 30.9 Å². The maximum atomic E-state index is 13.5. The Hall–Kier alpha value is -3.40. The molecule has 7 heterocycles. The molecule has 15 heteroatoms. The number of anilines is 3. The van der Waals surface area contributed by atoms with Crippen molar-refractivity contribution in [3.05, 3.63) is 42.2 Å². The van der Waals surface area contributed by atoms with E-state index in [4.69, 9.17) is 5.73 Å². The Bertz CT molecular complexity index is 1470. The Morgan fingerprint density at radius 1 is 1.05 bits per heavy atom. The molecule has 3 aromatic rings. The van der Waals surface area contributed by atoms with Gasteiger partial charge in [-0.1, -0.05) is 0 Å². The fourth-order valence-corrected chi connectivity index (χ4v) is 7.38. The molecular weight excluding hydrogens is 515 g/mol. The number of nitrogens with zero attached hydrogens (tertiary/aromatic N) is 8. The summed E-state index contributed by atoms with van der Waals surface area (Å²) in [6.07, 6.45) is 6.97. The average Bonchev–Trinajstić information content (AvgIpc) is 3.05. The lowest BCUT2D eigenvalue weighted by Gasteiger charge is -2.39. The van der Waals surface area contributed by atoms with Gasteiger partial charge in [0.05, 0.1) is 30.0 Å². The summed E-state index contributed by atoms with van der Waals surface area (Å²) in [5, 5.41) is 6.80. The number of hydrogen-bond acceptors (Lipinski definition) is 9. The van der Waals surface area contributed by atoms with E-state index in [1.165, 1.54) is 6.20 Å². The molecule has 4 aliphatic heterocycles. The van der Waals surface area contributed by atoms with E-state index in [2.05, 4.69) is 25.3 Å². The molecule has 0 aromatic carbocycles. The van der Waals surface area contributed by atoms with Crippen LogP contribution >= 0.6 is 0 Å². The molecule has 4 saturated heterocycles. The number of piperidine rings is 1. The van der Waals surface area contributed by atoms with Crippen LogP contribution in [0.3, 0.4) is 0 Å². The van der Waals surface area contributed by atoms with Gasteiger partial charge in [-0.25, -0.2) is 13.9 Å². The van der Waals surface area contributed by atoms with Crippen molar-refractivity contribution < 1.29 is 17.6 Å². The predicted octanol–water partition coefficient (Wildman–Crippen LogP) is 0.245. The van der Waals surface area contributed by atoms with Crippen molar-refractivity contribution in [2.75, 3.05) is 68.3 Å². The number of hydrogen-bond donors (Lipinski definition) is 2. The van der Waals surface area contributed by atoms with Crippen molar-refractivity contribution in [1.82, 2.24) is 33.1 Å². The zero-order chi connectivity index (χ0) is 26.4. The average molecular weight is 545 g/mol. The van der Waals surface area contributed by atoms with E-state index < -0.39 is 21.9 Å². The van der Waals surface area contributed by atoms with Crippen molar-refractivity contribution in [3.8, 4) is 0 Å². The Balaban J connectivity index is 1.17. The number of halogens is 1. The van der Waals surface area contributed by atoms with E-state index in [0.717, 1.165) is 49.4 Å². The lowest BCUT2D eigenvalue weighted by Crippen LogP contribution is -2.55. The first-order chi connectivity index (χ1) is 18.3. The standard InChI is InChI=1S/C23H29FN10O3S/c24-16-13-27-22-20(21(25)29-33(22)15-16)23(35)28-18-14-26-4-1-19(18)31-8-10-32(11-9-31)38(36,37)34-12-7-30-5-2-17(34)3-6-30/h1,4,13-15,17H,2-3,5-12H2,(H2,25,29)(H,28,35). The van der Waals surface area contributed by atoms with Crippen LogP contribution in [0.25, 0.3) is 5.65 Å². The largest absolute Gasteiger partial charge is 0.381 e. The topological polar surface area (TPSA) is 145 Å². The summed E-state index contributed by atoms with van der Waals surface area (Å²) < 4.78 is 45.0. The monoisotopic (exact) mass is 544 g/mol. The van der Waals surface area contributed by atoms with Crippen LogP contribution < -0.4 is 16.0 Å². The molecular formula is C23H29FN10O3S. The number of rotatable bonds is 5. The lowest BCUT2D eigenvalue weighted by molar-refractivity contribution is 0.102. The molecule has 202 valence electrons. The molecule has 7 rings (SSSR count). The Morgan fingerprint density at radius 2 is 1.82 bits per heavy atom. The molecule has 13 nitrogen and oxygen atoms in total. The number of nitrogen functional groups attached to an aromatic ring is 1. The van der Waals surface area contributed by atoms with Gasteiger partial charge < -0.3 is 20.9 Å². The Labute approximate surface area is 219 Å². The lowest BCUT2D eigenvalue weighted by atomic mass is 10.1. The summed E-state index contributed by atoms with van der Waals surface area (Å²) >= 11 is 0. The summed E-state index contributed by atoms with van der Waals surface area (Å²) in [5.74, 6) is -1.24. The number of aromatic nitrogens is 4. The van der Waals surface area contributed by atoms with Gasteiger partial charge in [0.15, 0.2) is 17.3 Å². The van der Waals surface area contributed by atoms with Crippen LogP contribution in [0, 0.1) is 5.82 Å². The van der Waals surface area contributed by atoms with Gasteiger partial charge in [0, 0.05) is 51.5 Å². The molecule has 3 aromatic heterocycles. The quantitative estimate of drug-likeness (QED) is 0.461. The third-order valence-corrected chi connectivity index (χ3v) is 9.64. The maximum absolute atomic E-state index is 13.5. The minimum atomic E-state index is -3.56. The molecule has 0 spiro atoms. The van der Waals surface area contributed by atoms with E-state index in [1.54, 1.807) is 20.9 Å². The first-order valence-corrected chi connectivity index (χ1v) is 14.0. The first-order valence-electron chi connectivity index (χ1n) is 12.6. The van der Waals surface area contributed by atoms with Crippen LogP contribution in [0.1, 0.15) is 23.2 Å². The van der Waals surface area contributed by atoms with Gasteiger partial charge in [-0.05, 0) is 32.0 Å².